The van der Waals surface area contributed by atoms with Crippen molar-refractivity contribution >= 4 is 5.70 Å². The maximum Gasteiger partial charge on any atom is 0.255 e. The zero-order chi connectivity index (χ0) is 12.4. The molecule has 2 N–H and O–H groups in total. The quantitative estimate of drug-likeness (QED) is 0.806. The van der Waals surface area contributed by atoms with Crippen LogP contribution >= 0.6 is 0 Å². The maximum atomic E-state index is 13.5. The molecule has 1 heterocycles. The van der Waals surface area contributed by atoms with Crippen molar-refractivity contribution in [2.75, 3.05) is 0 Å². The van der Waals surface area contributed by atoms with Crippen molar-refractivity contribution in [2.24, 2.45) is 5.73 Å². The molecule has 0 spiro atoms. The van der Waals surface area contributed by atoms with E-state index in [1.165, 1.54) is 16.7 Å². The van der Waals surface area contributed by atoms with Gasteiger partial charge in [-0.25, -0.2) is 4.39 Å². The molecule has 0 atom stereocenters. The van der Waals surface area contributed by atoms with Gasteiger partial charge in [-0.3, -0.25) is 9.36 Å². The van der Waals surface area contributed by atoms with Gasteiger partial charge in [-0.1, -0.05) is 18.2 Å². The Bertz CT molecular complexity index is 594. The Kier molecular flexibility index (Phi) is 2.95. The van der Waals surface area contributed by atoms with Crippen molar-refractivity contribution in [3.63, 3.8) is 0 Å². The third kappa shape index (κ3) is 2.36. The maximum absolute atomic E-state index is 13.5. The van der Waals surface area contributed by atoms with E-state index in [-0.39, 0.29) is 11.3 Å². The summed E-state index contributed by atoms with van der Waals surface area (Å²) in [6, 6.07) is 3.19. The zero-order valence-corrected chi connectivity index (χ0v) is 9.48. The number of halogens is 1. The minimum Gasteiger partial charge on any atom is -0.397 e. The molecular formula is C13H13FN2O. The topological polar surface area (TPSA) is 48.0 Å². The average molecular weight is 232 g/mol. The molecular weight excluding hydrogens is 219 g/mol. The van der Waals surface area contributed by atoms with Crippen molar-refractivity contribution < 1.29 is 4.39 Å². The first-order valence-corrected chi connectivity index (χ1v) is 5.31. The molecule has 0 bridgehead atoms. The van der Waals surface area contributed by atoms with Crippen LogP contribution in [0.25, 0.3) is 5.70 Å². The SMILES string of the molecule is Cc1ccc(=O)n(C2=CCC=C(N)C(F)=C2)c1. The molecule has 17 heavy (non-hydrogen) atoms. The standard InChI is InChI=1S/C13H13FN2O/c1-9-5-6-13(17)16(8-9)10-3-2-4-12(15)11(14)7-10/h3-8H,2,15H2,1H3. The van der Waals surface area contributed by atoms with Crippen LogP contribution in [0.1, 0.15) is 12.0 Å². The Labute approximate surface area is 98.4 Å². The van der Waals surface area contributed by atoms with Gasteiger partial charge in [0, 0.05) is 18.0 Å². The van der Waals surface area contributed by atoms with E-state index in [2.05, 4.69) is 0 Å². The van der Waals surface area contributed by atoms with Crippen molar-refractivity contribution in [1.29, 1.82) is 0 Å². The molecule has 0 aliphatic heterocycles. The predicted molar refractivity (Wildman–Crippen MR) is 65.8 cm³/mol. The Morgan fingerprint density at radius 3 is 2.88 bits per heavy atom. The molecule has 3 nitrogen and oxygen atoms in total. The number of allylic oxidation sites excluding steroid dienone is 5. The number of nitrogens with zero attached hydrogens (tertiary/aromatic N) is 1. The van der Waals surface area contributed by atoms with E-state index in [0.29, 0.717) is 12.1 Å². The smallest absolute Gasteiger partial charge is 0.255 e. The molecule has 1 aromatic rings. The fourth-order valence-electron chi connectivity index (χ4n) is 1.64. The molecule has 0 aromatic carbocycles. The highest BCUT2D eigenvalue weighted by Crippen LogP contribution is 2.18. The van der Waals surface area contributed by atoms with Crippen LogP contribution in [-0.2, 0) is 0 Å². The van der Waals surface area contributed by atoms with Gasteiger partial charge in [-0.05, 0) is 25.0 Å². The fraction of sp³-hybridized carbons (Fsp3) is 0.154. The van der Waals surface area contributed by atoms with Crippen molar-refractivity contribution in [2.45, 2.75) is 13.3 Å². The molecule has 0 unspecified atom stereocenters. The zero-order valence-electron chi connectivity index (χ0n) is 9.48. The van der Waals surface area contributed by atoms with Crippen LogP contribution in [0.3, 0.4) is 0 Å². The Morgan fingerprint density at radius 1 is 1.35 bits per heavy atom. The monoisotopic (exact) mass is 232 g/mol. The summed E-state index contributed by atoms with van der Waals surface area (Å²) in [5, 5.41) is 0. The minimum atomic E-state index is -0.512. The number of aryl methyl sites for hydroxylation is 1. The van der Waals surface area contributed by atoms with Crippen LogP contribution in [0.4, 0.5) is 4.39 Å². The van der Waals surface area contributed by atoms with E-state index in [9.17, 15) is 9.18 Å². The molecule has 1 aliphatic rings. The summed E-state index contributed by atoms with van der Waals surface area (Å²) in [6.45, 7) is 1.87. The number of aromatic nitrogens is 1. The van der Waals surface area contributed by atoms with E-state index >= 15 is 0 Å². The summed E-state index contributed by atoms with van der Waals surface area (Å²) in [5.74, 6) is -0.512. The molecule has 0 amide bonds. The van der Waals surface area contributed by atoms with Gasteiger partial charge in [0.25, 0.3) is 5.56 Å². The molecule has 0 radical (unpaired) electrons. The first-order valence-electron chi connectivity index (χ1n) is 5.31. The van der Waals surface area contributed by atoms with Crippen molar-refractivity contribution in [1.82, 2.24) is 4.57 Å². The first-order chi connectivity index (χ1) is 8.08. The molecule has 0 saturated carbocycles. The van der Waals surface area contributed by atoms with Crippen LogP contribution in [0, 0.1) is 6.92 Å². The predicted octanol–water partition coefficient (Wildman–Crippen LogP) is 2.10. The molecule has 1 aromatic heterocycles. The highest BCUT2D eigenvalue weighted by atomic mass is 19.1. The number of nitrogens with two attached hydrogens (primary N) is 1. The number of pyridine rings is 1. The average Bonchev–Trinajstić information content (AvgIpc) is 2.45. The van der Waals surface area contributed by atoms with Gasteiger partial charge in [0.2, 0.25) is 0 Å². The van der Waals surface area contributed by atoms with E-state index < -0.39 is 5.83 Å². The lowest BCUT2D eigenvalue weighted by molar-refractivity contribution is 0.648. The van der Waals surface area contributed by atoms with Gasteiger partial charge < -0.3 is 5.73 Å². The second kappa shape index (κ2) is 4.41. The summed E-state index contributed by atoms with van der Waals surface area (Å²) in [4.78, 5) is 11.7. The molecule has 0 fully saturated rings. The van der Waals surface area contributed by atoms with E-state index in [0.717, 1.165) is 5.56 Å². The molecule has 88 valence electrons. The second-order valence-electron chi connectivity index (χ2n) is 3.93. The van der Waals surface area contributed by atoms with Gasteiger partial charge in [-0.2, -0.15) is 0 Å². The summed E-state index contributed by atoms with van der Waals surface area (Å²) >= 11 is 0. The van der Waals surface area contributed by atoms with Crippen LogP contribution in [0.15, 0.2) is 52.9 Å². The minimum absolute atomic E-state index is 0.108. The molecule has 1 aliphatic carbocycles. The Hall–Kier alpha value is -2.10. The summed E-state index contributed by atoms with van der Waals surface area (Å²) in [5.41, 5.74) is 6.85. The van der Waals surface area contributed by atoms with Gasteiger partial charge in [0.15, 0.2) is 0 Å². The number of hydrogen-bond donors (Lipinski definition) is 1. The summed E-state index contributed by atoms with van der Waals surface area (Å²) < 4.78 is 14.9. The van der Waals surface area contributed by atoms with Crippen LogP contribution in [-0.4, -0.2) is 4.57 Å². The highest BCUT2D eigenvalue weighted by molar-refractivity contribution is 5.61. The highest BCUT2D eigenvalue weighted by Gasteiger charge is 2.07. The van der Waals surface area contributed by atoms with Gasteiger partial charge in [0.05, 0.1) is 5.70 Å². The first kappa shape index (κ1) is 11.4. The van der Waals surface area contributed by atoms with Crippen LogP contribution < -0.4 is 11.3 Å². The summed E-state index contributed by atoms with van der Waals surface area (Å²) in [7, 11) is 0. The van der Waals surface area contributed by atoms with Gasteiger partial charge in [-0.15, -0.1) is 0 Å². The third-order valence-electron chi connectivity index (χ3n) is 2.55. The third-order valence-corrected chi connectivity index (χ3v) is 2.55. The van der Waals surface area contributed by atoms with Crippen LogP contribution in [0.5, 0.6) is 0 Å². The lowest BCUT2D eigenvalue weighted by atomic mass is 10.2. The molecule has 4 heteroatoms. The number of rotatable bonds is 1. The van der Waals surface area contributed by atoms with Gasteiger partial charge in [0.1, 0.15) is 5.83 Å². The van der Waals surface area contributed by atoms with E-state index in [1.54, 1.807) is 24.4 Å². The summed E-state index contributed by atoms with van der Waals surface area (Å²) in [6.07, 6.45) is 6.81. The van der Waals surface area contributed by atoms with E-state index in [4.69, 9.17) is 5.73 Å². The second-order valence-corrected chi connectivity index (χ2v) is 3.93. The largest absolute Gasteiger partial charge is 0.397 e. The van der Waals surface area contributed by atoms with Gasteiger partial charge >= 0.3 is 0 Å². The fourth-order valence-corrected chi connectivity index (χ4v) is 1.64. The van der Waals surface area contributed by atoms with Crippen molar-refractivity contribution in [3.05, 3.63) is 64.0 Å². The van der Waals surface area contributed by atoms with Crippen molar-refractivity contribution in [3.8, 4) is 0 Å². The lowest BCUT2D eigenvalue weighted by Crippen LogP contribution is -2.17. The normalized spacial score (nSPS) is 15.8. The molecule has 2 rings (SSSR count). The Morgan fingerprint density at radius 2 is 2.12 bits per heavy atom. The molecule has 0 saturated heterocycles. The Balaban J connectivity index is 2.52. The van der Waals surface area contributed by atoms with Crippen LogP contribution in [0.2, 0.25) is 0 Å². The lowest BCUT2D eigenvalue weighted by Gasteiger charge is -2.07. The number of hydrogen-bond acceptors (Lipinski definition) is 2. The van der Waals surface area contributed by atoms with E-state index in [1.807, 2.05) is 6.92 Å².